The van der Waals surface area contributed by atoms with Crippen LogP contribution in [0.5, 0.6) is 0 Å². The molecule has 0 aliphatic rings. The van der Waals surface area contributed by atoms with Crippen LogP contribution in [-0.4, -0.2) is 8.07 Å². The molecule has 0 aliphatic carbocycles. The fourth-order valence-electron chi connectivity index (χ4n) is 1.50. The number of benzene rings is 1. The Kier molecular flexibility index (Phi) is 5.93. The summed E-state index contributed by atoms with van der Waals surface area (Å²) in [5, 5.41) is 0. The van der Waals surface area contributed by atoms with E-state index in [1.807, 2.05) is 0 Å². The minimum Gasteiger partial charge on any atom is -0.326 e. The van der Waals surface area contributed by atoms with Crippen molar-refractivity contribution in [2.24, 2.45) is 5.73 Å². The van der Waals surface area contributed by atoms with Crippen molar-refractivity contribution in [1.82, 2.24) is 0 Å². The maximum atomic E-state index is 5.68. The molecule has 2 N–H and O–H groups in total. The third kappa shape index (κ3) is 4.57. The molecule has 0 radical (unpaired) electrons. The van der Waals surface area contributed by atoms with E-state index in [4.69, 9.17) is 5.73 Å². The molecule has 1 aromatic carbocycles. The predicted molar refractivity (Wildman–Crippen MR) is 76.8 cm³/mol. The van der Waals surface area contributed by atoms with E-state index in [0.29, 0.717) is 6.54 Å². The average Bonchev–Trinajstić information content (AvgIpc) is 2.02. The molecular formula is C11H20INSi. The topological polar surface area (TPSA) is 26.0 Å². The predicted octanol–water partition coefficient (Wildman–Crippen LogP) is 3.18. The normalized spacial score (nSPS) is 10.9. The summed E-state index contributed by atoms with van der Waals surface area (Å²) in [4.78, 5) is 0. The monoisotopic (exact) mass is 321 g/mol. The van der Waals surface area contributed by atoms with Crippen LogP contribution >= 0.6 is 24.0 Å². The number of rotatable bonds is 3. The minimum absolute atomic E-state index is 0. The molecule has 0 bridgehead atoms. The van der Waals surface area contributed by atoms with Crippen LogP contribution in [-0.2, 0) is 12.6 Å². The summed E-state index contributed by atoms with van der Waals surface area (Å²) in [7, 11) is -1.00. The van der Waals surface area contributed by atoms with E-state index < -0.39 is 8.07 Å². The Morgan fingerprint density at radius 2 is 1.57 bits per heavy atom. The van der Waals surface area contributed by atoms with Gasteiger partial charge in [0.25, 0.3) is 0 Å². The first-order valence-corrected chi connectivity index (χ1v) is 8.50. The van der Waals surface area contributed by atoms with Crippen molar-refractivity contribution < 1.29 is 0 Å². The quantitative estimate of drug-likeness (QED) is 0.671. The molecule has 80 valence electrons. The van der Waals surface area contributed by atoms with Gasteiger partial charge in [-0.15, -0.1) is 24.0 Å². The highest BCUT2D eigenvalue weighted by atomic mass is 127. The molecule has 0 spiro atoms. The Hall–Kier alpha value is 0.127. The molecule has 0 saturated carbocycles. The van der Waals surface area contributed by atoms with Crippen molar-refractivity contribution >= 4 is 32.1 Å². The standard InChI is InChI=1S/C11H19NSi.HI/c1-13(2,3)9-11-7-5-4-6-10(11)8-12;/h4-7H,8-9,12H2,1-3H3;1H. The van der Waals surface area contributed by atoms with E-state index in [0.717, 1.165) is 0 Å². The third-order valence-electron chi connectivity index (χ3n) is 2.06. The smallest absolute Gasteiger partial charge is 0.0487 e. The van der Waals surface area contributed by atoms with Crippen molar-refractivity contribution in [2.45, 2.75) is 32.2 Å². The van der Waals surface area contributed by atoms with E-state index in [1.54, 1.807) is 0 Å². The highest BCUT2D eigenvalue weighted by molar-refractivity contribution is 14.0. The maximum absolute atomic E-state index is 5.68. The summed E-state index contributed by atoms with van der Waals surface area (Å²) in [6, 6.07) is 9.75. The molecule has 1 nitrogen and oxygen atoms in total. The Morgan fingerprint density at radius 1 is 1.07 bits per heavy atom. The average molecular weight is 321 g/mol. The highest BCUT2D eigenvalue weighted by Gasteiger charge is 2.15. The first kappa shape index (κ1) is 14.1. The second-order valence-corrected chi connectivity index (χ2v) is 10.2. The van der Waals surface area contributed by atoms with Gasteiger partial charge >= 0.3 is 0 Å². The van der Waals surface area contributed by atoms with Gasteiger partial charge < -0.3 is 5.73 Å². The molecule has 0 aromatic heterocycles. The maximum Gasteiger partial charge on any atom is 0.0487 e. The van der Waals surface area contributed by atoms with Crippen LogP contribution in [0.4, 0.5) is 0 Å². The number of nitrogens with two attached hydrogens (primary N) is 1. The summed E-state index contributed by atoms with van der Waals surface area (Å²) < 4.78 is 0. The Balaban J connectivity index is 0.00000169. The Bertz CT molecular complexity index is 281. The van der Waals surface area contributed by atoms with Gasteiger partial charge in [-0.1, -0.05) is 43.9 Å². The Morgan fingerprint density at radius 3 is 2.00 bits per heavy atom. The van der Waals surface area contributed by atoms with Crippen molar-refractivity contribution in [3.63, 3.8) is 0 Å². The van der Waals surface area contributed by atoms with E-state index in [-0.39, 0.29) is 24.0 Å². The SMILES string of the molecule is C[Si](C)(C)Cc1ccccc1CN.I. The fourth-order valence-corrected chi connectivity index (χ4v) is 2.99. The summed E-state index contributed by atoms with van der Waals surface area (Å²) in [6.45, 7) is 7.83. The van der Waals surface area contributed by atoms with Gasteiger partial charge in [0.2, 0.25) is 0 Å². The molecule has 0 saturated heterocycles. The summed E-state index contributed by atoms with van der Waals surface area (Å²) in [5.74, 6) is 0. The molecule has 14 heavy (non-hydrogen) atoms. The van der Waals surface area contributed by atoms with Crippen LogP contribution in [0, 0.1) is 0 Å². The molecule has 0 unspecified atom stereocenters. The number of hydrogen-bond acceptors (Lipinski definition) is 1. The summed E-state index contributed by atoms with van der Waals surface area (Å²) in [5.41, 5.74) is 8.44. The van der Waals surface area contributed by atoms with E-state index in [1.165, 1.54) is 17.2 Å². The second-order valence-electron chi connectivity index (χ2n) is 4.71. The van der Waals surface area contributed by atoms with Crippen molar-refractivity contribution in [3.05, 3.63) is 35.4 Å². The third-order valence-corrected chi connectivity index (χ3v) is 3.50. The van der Waals surface area contributed by atoms with Gasteiger partial charge in [0.1, 0.15) is 0 Å². The van der Waals surface area contributed by atoms with Crippen LogP contribution in [0.25, 0.3) is 0 Å². The van der Waals surface area contributed by atoms with E-state index in [9.17, 15) is 0 Å². The van der Waals surface area contributed by atoms with Crippen LogP contribution < -0.4 is 5.73 Å². The van der Waals surface area contributed by atoms with E-state index in [2.05, 4.69) is 43.9 Å². The summed E-state index contributed by atoms with van der Waals surface area (Å²) >= 11 is 0. The Labute approximate surface area is 105 Å². The molecule has 3 heteroatoms. The molecule has 0 atom stereocenters. The zero-order chi connectivity index (χ0) is 9.90. The van der Waals surface area contributed by atoms with Crippen molar-refractivity contribution in [2.75, 3.05) is 0 Å². The van der Waals surface area contributed by atoms with Gasteiger partial charge in [0, 0.05) is 14.6 Å². The van der Waals surface area contributed by atoms with Crippen LogP contribution in [0.15, 0.2) is 24.3 Å². The second kappa shape index (κ2) is 5.88. The number of halogens is 1. The molecular weight excluding hydrogens is 301 g/mol. The lowest BCUT2D eigenvalue weighted by Gasteiger charge is -2.17. The first-order chi connectivity index (χ1) is 6.03. The molecule has 1 rings (SSSR count). The van der Waals surface area contributed by atoms with Gasteiger partial charge in [-0.05, 0) is 17.2 Å². The lowest BCUT2D eigenvalue weighted by molar-refractivity contribution is 1.04. The zero-order valence-corrected chi connectivity index (χ0v) is 12.5. The largest absolute Gasteiger partial charge is 0.326 e. The zero-order valence-electron chi connectivity index (χ0n) is 9.21. The van der Waals surface area contributed by atoms with Crippen LogP contribution in [0.1, 0.15) is 11.1 Å². The molecule has 0 fully saturated rings. The van der Waals surface area contributed by atoms with Crippen LogP contribution in [0.3, 0.4) is 0 Å². The molecule has 0 heterocycles. The van der Waals surface area contributed by atoms with Crippen LogP contribution in [0.2, 0.25) is 19.6 Å². The van der Waals surface area contributed by atoms with Crippen molar-refractivity contribution in [1.29, 1.82) is 0 Å². The summed E-state index contributed by atoms with van der Waals surface area (Å²) in [6.07, 6.45) is 0. The lowest BCUT2D eigenvalue weighted by Crippen LogP contribution is -2.24. The van der Waals surface area contributed by atoms with Gasteiger partial charge in [-0.25, -0.2) is 0 Å². The van der Waals surface area contributed by atoms with Gasteiger partial charge in [0.15, 0.2) is 0 Å². The minimum atomic E-state index is -1.00. The number of hydrogen-bond donors (Lipinski definition) is 1. The van der Waals surface area contributed by atoms with E-state index >= 15 is 0 Å². The van der Waals surface area contributed by atoms with Gasteiger partial charge in [-0.3, -0.25) is 0 Å². The molecule has 0 amide bonds. The molecule has 0 aliphatic heterocycles. The molecule has 1 aromatic rings. The first-order valence-electron chi connectivity index (χ1n) is 4.80. The van der Waals surface area contributed by atoms with Crippen molar-refractivity contribution in [3.8, 4) is 0 Å². The van der Waals surface area contributed by atoms with Gasteiger partial charge in [0.05, 0.1) is 0 Å². The van der Waals surface area contributed by atoms with Gasteiger partial charge in [-0.2, -0.15) is 0 Å². The fraction of sp³-hybridized carbons (Fsp3) is 0.455. The lowest BCUT2D eigenvalue weighted by atomic mass is 10.1. The highest BCUT2D eigenvalue weighted by Crippen LogP contribution is 2.15.